The van der Waals surface area contributed by atoms with E-state index in [-0.39, 0.29) is 24.3 Å². The molecule has 1 aromatic rings. The Morgan fingerprint density at radius 1 is 1.50 bits per heavy atom. The zero-order valence-corrected chi connectivity index (χ0v) is 12.1. The minimum absolute atomic E-state index is 0.000705. The number of hydrogen-bond acceptors (Lipinski definition) is 3. The Labute approximate surface area is 122 Å². The van der Waals surface area contributed by atoms with Crippen LogP contribution in [-0.4, -0.2) is 43.2 Å². The molecule has 0 bridgehead atoms. The van der Waals surface area contributed by atoms with Gasteiger partial charge in [0.05, 0.1) is 19.3 Å². The Balaban J connectivity index is 1.91. The zero-order valence-electron chi connectivity index (χ0n) is 11.4. The average molecular weight is 301 g/mol. The fraction of sp³-hybridized carbons (Fsp3) is 0.500. The fourth-order valence-corrected chi connectivity index (χ4v) is 2.33. The summed E-state index contributed by atoms with van der Waals surface area (Å²) in [4.78, 5) is 13.9. The van der Waals surface area contributed by atoms with E-state index in [1.165, 1.54) is 6.07 Å². The van der Waals surface area contributed by atoms with E-state index < -0.39 is 0 Å². The molecular formula is C14H18ClFN2O2. The van der Waals surface area contributed by atoms with Gasteiger partial charge in [0.1, 0.15) is 5.82 Å². The molecule has 1 amide bonds. The first-order chi connectivity index (χ1) is 9.59. The second kappa shape index (κ2) is 7.02. The molecule has 1 saturated heterocycles. The normalized spacial score (nSPS) is 17.1. The highest BCUT2D eigenvalue weighted by Crippen LogP contribution is 2.18. The predicted molar refractivity (Wildman–Crippen MR) is 75.1 cm³/mol. The molecule has 1 aromatic carbocycles. The first kappa shape index (κ1) is 15.2. The van der Waals surface area contributed by atoms with Gasteiger partial charge in [0, 0.05) is 30.2 Å². The molecule has 6 heteroatoms. The molecule has 110 valence electrons. The van der Waals surface area contributed by atoms with Crippen LogP contribution >= 0.6 is 11.6 Å². The van der Waals surface area contributed by atoms with Crippen molar-refractivity contribution in [3.63, 3.8) is 0 Å². The van der Waals surface area contributed by atoms with Gasteiger partial charge in [-0.05, 0) is 19.1 Å². The van der Waals surface area contributed by atoms with Gasteiger partial charge < -0.3 is 15.0 Å². The smallest absolute Gasteiger partial charge is 0.239 e. The van der Waals surface area contributed by atoms with Gasteiger partial charge in [-0.2, -0.15) is 0 Å². The van der Waals surface area contributed by atoms with E-state index in [1.807, 2.05) is 0 Å². The summed E-state index contributed by atoms with van der Waals surface area (Å²) in [5.41, 5.74) is 0.385. The number of carbonyl (C=O) groups is 1. The van der Waals surface area contributed by atoms with E-state index >= 15 is 0 Å². The van der Waals surface area contributed by atoms with Gasteiger partial charge in [-0.25, -0.2) is 4.39 Å². The van der Waals surface area contributed by atoms with Gasteiger partial charge in [-0.15, -0.1) is 0 Å². The summed E-state index contributed by atoms with van der Waals surface area (Å²) >= 11 is 5.95. The first-order valence-corrected chi connectivity index (χ1v) is 7.00. The molecule has 1 heterocycles. The molecule has 0 spiro atoms. The molecule has 1 fully saturated rings. The zero-order chi connectivity index (χ0) is 14.5. The number of ether oxygens (including phenoxy) is 1. The van der Waals surface area contributed by atoms with Gasteiger partial charge >= 0.3 is 0 Å². The lowest BCUT2D eigenvalue weighted by molar-refractivity contribution is -0.137. The molecule has 4 nitrogen and oxygen atoms in total. The summed E-state index contributed by atoms with van der Waals surface area (Å²) in [6.07, 6.45) is 0. The Kier molecular flexibility index (Phi) is 5.34. The third-order valence-electron chi connectivity index (χ3n) is 3.34. The summed E-state index contributed by atoms with van der Waals surface area (Å²) in [5.74, 6) is -0.364. The van der Waals surface area contributed by atoms with Crippen molar-refractivity contribution in [1.29, 1.82) is 0 Å². The van der Waals surface area contributed by atoms with Crippen molar-refractivity contribution in [2.75, 3.05) is 26.3 Å². The minimum atomic E-state index is -0.385. The van der Waals surface area contributed by atoms with Crippen molar-refractivity contribution in [3.05, 3.63) is 34.6 Å². The standard InChI is InChI=1S/C14H18ClFN2O2/c1-10(14(19)18-5-7-20-8-6-18)17-9-11-12(15)3-2-4-13(11)16/h2-4,10,17H,5-9H2,1H3. The molecule has 1 unspecified atom stereocenters. The Morgan fingerprint density at radius 3 is 2.85 bits per heavy atom. The summed E-state index contributed by atoms with van der Waals surface area (Å²) in [7, 11) is 0. The Hall–Kier alpha value is -1.17. The Morgan fingerprint density at radius 2 is 2.20 bits per heavy atom. The van der Waals surface area contributed by atoms with Crippen LogP contribution in [0, 0.1) is 5.82 Å². The number of nitrogens with one attached hydrogen (secondary N) is 1. The predicted octanol–water partition coefficient (Wildman–Crippen LogP) is 1.82. The number of amides is 1. The van der Waals surface area contributed by atoms with E-state index in [0.29, 0.717) is 36.9 Å². The van der Waals surface area contributed by atoms with E-state index in [0.717, 1.165) is 0 Å². The van der Waals surface area contributed by atoms with Crippen LogP contribution < -0.4 is 5.32 Å². The molecular weight excluding hydrogens is 283 g/mol. The SMILES string of the molecule is CC(NCc1c(F)cccc1Cl)C(=O)N1CCOCC1. The topological polar surface area (TPSA) is 41.6 Å². The second-order valence-electron chi connectivity index (χ2n) is 4.74. The van der Waals surface area contributed by atoms with Crippen molar-refractivity contribution in [2.45, 2.75) is 19.5 Å². The molecule has 1 N–H and O–H groups in total. The molecule has 20 heavy (non-hydrogen) atoms. The molecule has 1 aliphatic rings. The van der Waals surface area contributed by atoms with E-state index in [1.54, 1.807) is 24.0 Å². The maximum atomic E-state index is 13.6. The van der Waals surface area contributed by atoms with Crippen LogP contribution in [0.3, 0.4) is 0 Å². The van der Waals surface area contributed by atoms with Gasteiger partial charge in [0.25, 0.3) is 0 Å². The monoisotopic (exact) mass is 300 g/mol. The van der Waals surface area contributed by atoms with Crippen LogP contribution in [0.15, 0.2) is 18.2 Å². The third-order valence-corrected chi connectivity index (χ3v) is 3.69. The fourth-order valence-electron chi connectivity index (χ4n) is 2.10. The lowest BCUT2D eigenvalue weighted by atomic mass is 10.2. The largest absolute Gasteiger partial charge is 0.378 e. The van der Waals surface area contributed by atoms with Crippen molar-refractivity contribution in [2.24, 2.45) is 0 Å². The third kappa shape index (κ3) is 3.69. The quantitative estimate of drug-likeness (QED) is 0.922. The molecule has 2 rings (SSSR count). The molecule has 0 saturated carbocycles. The molecule has 0 aromatic heterocycles. The molecule has 0 radical (unpaired) electrons. The highest BCUT2D eigenvalue weighted by molar-refractivity contribution is 6.31. The number of benzene rings is 1. The highest BCUT2D eigenvalue weighted by atomic mass is 35.5. The van der Waals surface area contributed by atoms with Gasteiger partial charge in [-0.1, -0.05) is 17.7 Å². The maximum absolute atomic E-state index is 13.6. The number of rotatable bonds is 4. The highest BCUT2D eigenvalue weighted by Gasteiger charge is 2.22. The van der Waals surface area contributed by atoms with Crippen LogP contribution in [-0.2, 0) is 16.1 Å². The molecule has 0 aliphatic carbocycles. The number of hydrogen-bond donors (Lipinski definition) is 1. The number of morpholine rings is 1. The summed E-state index contributed by atoms with van der Waals surface area (Å²) < 4.78 is 18.8. The van der Waals surface area contributed by atoms with Gasteiger partial charge in [0.2, 0.25) is 5.91 Å². The first-order valence-electron chi connectivity index (χ1n) is 6.62. The van der Waals surface area contributed by atoms with Crippen molar-refractivity contribution < 1.29 is 13.9 Å². The minimum Gasteiger partial charge on any atom is -0.378 e. The van der Waals surface area contributed by atoms with Crippen LogP contribution in [0.25, 0.3) is 0 Å². The lowest BCUT2D eigenvalue weighted by Crippen LogP contribution is -2.49. The van der Waals surface area contributed by atoms with Crippen LogP contribution in [0.5, 0.6) is 0 Å². The number of carbonyl (C=O) groups excluding carboxylic acids is 1. The number of nitrogens with zero attached hydrogens (tertiary/aromatic N) is 1. The Bertz CT molecular complexity index is 458. The van der Waals surface area contributed by atoms with Crippen LogP contribution in [0.2, 0.25) is 5.02 Å². The maximum Gasteiger partial charge on any atom is 0.239 e. The van der Waals surface area contributed by atoms with Gasteiger partial charge in [0.15, 0.2) is 0 Å². The van der Waals surface area contributed by atoms with E-state index in [2.05, 4.69) is 5.32 Å². The average Bonchev–Trinajstić information content (AvgIpc) is 2.46. The summed E-state index contributed by atoms with van der Waals surface area (Å²) in [5, 5.41) is 3.39. The molecule has 1 atom stereocenters. The molecule has 1 aliphatic heterocycles. The van der Waals surface area contributed by atoms with Crippen LogP contribution in [0.4, 0.5) is 4.39 Å². The van der Waals surface area contributed by atoms with Crippen molar-refractivity contribution in [3.8, 4) is 0 Å². The van der Waals surface area contributed by atoms with E-state index in [9.17, 15) is 9.18 Å². The van der Waals surface area contributed by atoms with E-state index in [4.69, 9.17) is 16.3 Å². The number of halogens is 2. The van der Waals surface area contributed by atoms with Crippen molar-refractivity contribution >= 4 is 17.5 Å². The summed E-state index contributed by atoms with van der Waals surface area (Å²) in [6.45, 7) is 4.33. The van der Waals surface area contributed by atoms with Crippen LogP contribution in [0.1, 0.15) is 12.5 Å². The van der Waals surface area contributed by atoms with Gasteiger partial charge in [-0.3, -0.25) is 4.79 Å². The second-order valence-corrected chi connectivity index (χ2v) is 5.15. The summed E-state index contributed by atoms with van der Waals surface area (Å²) in [6, 6.07) is 4.17. The lowest BCUT2D eigenvalue weighted by Gasteiger charge is -2.29. The van der Waals surface area contributed by atoms with Crippen molar-refractivity contribution in [1.82, 2.24) is 10.2 Å².